The van der Waals surface area contributed by atoms with Crippen LogP contribution in [-0.2, 0) is 4.74 Å². The summed E-state index contributed by atoms with van der Waals surface area (Å²) in [5, 5.41) is 0.990. The van der Waals surface area contributed by atoms with E-state index < -0.39 is 5.60 Å². The maximum atomic E-state index is 12.9. The molecule has 0 fully saturated rings. The van der Waals surface area contributed by atoms with Gasteiger partial charge in [-0.2, -0.15) is 0 Å². The molecule has 0 radical (unpaired) electrons. The van der Waals surface area contributed by atoms with Crippen molar-refractivity contribution in [2.24, 2.45) is 0 Å². The standard InChI is InChI=1S/C18H23NO2/c1-5-18(6-2,21-7-3)17(20)15-10-11-16-14(12-15)9-8-13(4)19-16/h8-12H,5-7H2,1-4H3. The molecule has 3 heteroatoms. The molecule has 0 spiro atoms. The molecule has 0 atom stereocenters. The second-order valence-corrected chi connectivity index (χ2v) is 5.32. The fraction of sp³-hybridized carbons (Fsp3) is 0.444. The van der Waals surface area contributed by atoms with Crippen molar-refractivity contribution in [3.05, 3.63) is 41.6 Å². The van der Waals surface area contributed by atoms with Crippen LogP contribution in [0, 0.1) is 6.92 Å². The van der Waals surface area contributed by atoms with Crippen LogP contribution in [0.5, 0.6) is 0 Å². The van der Waals surface area contributed by atoms with Crippen molar-refractivity contribution in [3.8, 4) is 0 Å². The van der Waals surface area contributed by atoms with Crippen LogP contribution in [0.1, 0.15) is 49.7 Å². The number of pyridine rings is 1. The minimum Gasteiger partial charge on any atom is -0.367 e. The summed E-state index contributed by atoms with van der Waals surface area (Å²) in [5.41, 5.74) is 1.89. The summed E-state index contributed by atoms with van der Waals surface area (Å²) in [5.74, 6) is 0.0665. The molecule has 2 rings (SSSR count). The Hall–Kier alpha value is -1.74. The molecule has 0 aliphatic rings. The lowest BCUT2D eigenvalue weighted by molar-refractivity contribution is -0.0250. The molecule has 21 heavy (non-hydrogen) atoms. The number of aromatic nitrogens is 1. The summed E-state index contributed by atoms with van der Waals surface area (Å²) >= 11 is 0. The van der Waals surface area contributed by atoms with Crippen LogP contribution in [0.15, 0.2) is 30.3 Å². The molecule has 0 N–H and O–H groups in total. The minimum atomic E-state index is -0.708. The van der Waals surface area contributed by atoms with Gasteiger partial charge in [-0.3, -0.25) is 9.78 Å². The summed E-state index contributed by atoms with van der Waals surface area (Å²) in [4.78, 5) is 17.4. The van der Waals surface area contributed by atoms with E-state index in [0.717, 1.165) is 16.6 Å². The van der Waals surface area contributed by atoms with Crippen LogP contribution in [-0.4, -0.2) is 23.0 Å². The number of rotatable bonds is 6. The molecule has 112 valence electrons. The molecule has 0 aliphatic heterocycles. The average Bonchev–Trinajstić information content (AvgIpc) is 2.51. The molecular weight excluding hydrogens is 262 g/mol. The number of nitrogens with zero attached hydrogens (tertiary/aromatic N) is 1. The molecule has 0 saturated carbocycles. The summed E-state index contributed by atoms with van der Waals surface area (Å²) in [6.45, 7) is 8.45. The molecule has 0 aliphatic carbocycles. The van der Waals surface area contributed by atoms with E-state index in [0.29, 0.717) is 25.0 Å². The van der Waals surface area contributed by atoms with Gasteiger partial charge >= 0.3 is 0 Å². The fourth-order valence-electron chi connectivity index (χ4n) is 2.75. The Morgan fingerprint density at radius 2 is 1.86 bits per heavy atom. The molecule has 0 bridgehead atoms. The van der Waals surface area contributed by atoms with Crippen LogP contribution < -0.4 is 0 Å². The fourth-order valence-corrected chi connectivity index (χ4v) is 2.75. The topological polar surface area (TPSA) is 39.2 Å². The van der Waals surface area contributed by atoms with E-state index in [4.69, 9.17) is 4.74 Å². The van der Waals surface area contributed by atoms with Crippen LogP contribution >= 0.6 is 0 Å². The zero-order valence-corrected chi connectivity index (χ0v) is 13.3. The van der Waals surface area contributed by atoms with Gasteiger partial charge in [-0.15, -0.1) is 0 Å². The molecule has 2 aromatic rings. The van der Waals surface area contributed by atoms with Gasteiger partial charge < -0.3 is 4.74 Å². The van der Waals surface area contributed by atoms with Crippen molar-refractivity contribution in [1.82, 2.24) is 4.98 Å². The Morgan fingerprint density at radius 3 is 2.48 bits per heavy atom. The Labute approximate surface area is 126 Å². The van der Waals surface area contributed by atoms with Gasteiger partial charge in [0.15, 0.2) is 5.78 Å². The Balaban J connectivity index is 2.44. The second kappa shape index (κ2) is 6.35. The summed E-state index contributed by atoms with van der Waals surface area (Å²) < 4.78 is 5.81. The molecule has 0 amide bonds. The van der Waals surface area contributed by atoms with Crippen LogP contribution in [0.3, 0.4) is 0 Å². The van der Waals surface area contributed by atoms with E-state index in [1.165, 1.54) is 0 Å². The van der Waals surface area contributed by atoms with Gasteiger partial charge in [-0.25, -0.2) is 0 Å². The largest absolute Gasteiger partial charge is 0.367 e. The van der Waals surface area contributed by atoms with Crippen LogP contribution in [0.25, 0.3) is 10.9 Å². The van der Waals surface area contributed by atoms with Gasteiger partial charge in [0.25, 0.3) is 0 Å². The second-order valence-electron chi connectivity index (χ2n) is 5.32. The highest BCUT2D eigenvalue weighted by molar-refractivity contribution is 6.04. The number of benzene rings is 1. The number of carbonyl (C=O) groups is 1. The van der Waals surface area contributed by atoms with Crippen molar-refractivity contribution in [3.63, 3.8) is 0 Å². The monoisotopic (exact) mass is 285 g/mol. The van der Waals surface area contributed by atoms with Crippen LogP contribution in [0.2, 0.25) is 0 Å². The SMILES string of the molecule is CCOC(CC)(CC)C(=O)c1ccc2nc(C)ccc2c1. The van der Waals surface area contributed by atoms with Gasteiger partial charge in [0.1, 0.15) is 5.60 Å². The number of ketones is 1. The lowest BCUT2D eigenvalue weighted by Gasteiger charge is -2.30. The maximum Gasteiger partial charge on any atom is 0.194 e. The normalized spacial score (nSPS) is 11.8. The van der Waals surface area contributed by atoms with E-state index >= 15 is 0 Å². The van der Waals surface area contributed by atoms with Gasteiger partial charge in [0.2, 0.25) is 0 Å². The average molecular weight is 285 g/mol. The summed E-state index contributed by atoms with van der Waals surface area (Å²) in [6.07, 6.45) is 1.36. The van der Waals surface area contributed by atoms with E-state index in [1.807, 2.05) is 58.0 Å². The third kappa shape index (κ3) is 2.98. The quantitative estimate of drug-likeness (QED) is 0.742. The van der Waals surface area contributed by atoms with Crippen LogP contribution in [0.4, 0.5) is 0 Å². The predicted octanol–water partition coefficient (Wildman–Crippen LogP) is 4.32. The number of carbonyl (C=O) groups excluding carboxylic acids is 1. The lowest BCUT2D eigenvalue weighted by atomic mass is 9.87. The highest BCUT2D eigenvalue weighted by atomic mass is 16.5. The number of Topliss-reactive ketones (excluding diaryl/α,β-unsaturated/α-hetero) is 1. The number of hydrogen-bond donors (Lipinski definition) is 0. The third-order valence-corrected chi connectivity index (χ3v) is 4.07. The lowest BCUT2D eigenvalue weighted by Crippen LogP contribution is -2.40. The van der Waals surface area contributed by atoms with E-state index in [2.05, 4.69) is 4.98 Å². The minimum absolute atomic E-state index is 0.0665. The summed E-state index contributed by atoms with van der Waals surface area (Å²) in [6, 6.07) is 9.66. The highest BCUT2D eigenvalue weighted by Crippen LogP contribution is 2.27. The smallest absolute Gasteiger partial charge is 0.194 e. The molecule has 3 nitrogen and oxygen atoms in total. The number of hydrogen-bond acceptors (Lipinski definition) is 3. The van der Waals surface area contributed by atoms with E-state index in [-0.39, 0.29) is 5.78 Å². The highest BCUT2D eigenvalue weighted by Gasteiger charge is 2.36. The van der Waals surface area contributed by atoms with Gasteiger partial charge in [-0.1, -0.05) is 19.9 Å². The summed E-state index contributed by atoms with van der Waals surface area (Å²) in [7, 11) is 0. The molecule has 1 aromatic heterocycles. The van der Waals surface area contributed by atoms with Gasteiger partial charge in [0.05, 0.1) is 5.52 Å². The first-order valence-electron chi connectivity index (χ1n) is 7.62. The number of ether oxygens (including phenoxy) is 1. The molecule has 0 saturated heterocycles. The molecule has 1 heterocycles. The Kier molecular flexibility index (Phi) is 4.73. The Morgan fingerprint density at radius 1 is 1.14 bits per heavy atom. The first kappa shape index (κ1) is 15.6. The third-order valence-electron chi connectivity index (χ3n) is 4.07. The van der Waals surface area contributed by atoms with Crippen molar-refractivity contribution in [1.29, 1.82) is 0 Å². The molecular formula is C18H23NO2. The van der Waals surface area contributed by atoms with Crippen molar-refractivity contribution in [2.75, 3.05) is 6.61 Å². The van der Waals surface area contributed by atoms with E-state index in [9.17, 15) is 4.79 Å². The van der Waals surface area contributed by atoms with Crippen molar-refractivity contribution >= 4 is 16.7 Å². The maximum absolute atomic E-state index is 12.9. The van der Waals surface area contributed by atoms with E-state index in [1.54, 1.807) is 0 Å². The number of aryl methyl sites for hydroxylation is 1. The van der Waals surface area contributed by atoms with Gasteiger partial charge in [-0.05, 0) is 51.0 Å². The van der Waals surface area contributed by atoms with Gasteiger partial charge in [0, 0.05) is 23.3 Å². The first-order valence-corrected chi connectivity index (χ1v) is 7.62. The zero-order valence-electron chi connectivity index (χ0n) is 13.3. The predicted molar refractivity (Wildman–Crippen MR) is 85.7 cm³/mol. The Bertz CT molecular complexity index is 645. The molecule has 0 unspecified atom stereocenters. The molecule has 1 aromatic carbocycles. The van der Waals surface area contributed by atoms with Crippen molar-refractivity contribution < 1.29 is 9.53 Å². The van der Waals surface area contributed by atoms with Crippen molar-refractivity contribution in [2.45, 2.75) is 46.1 Å². The first-order chi connectivity index (χ1) is 10.1. The zero-order chi connectivity index (χ0) is 15.5. The number of fused-ring (bicyclic) bond motifs is 1.